The quantitative estimate of drug-likeness (QED) is 0.715. The van der Waals surface area contributed by atoms with Gasteiger partial charge in [-0.2, -0.15) is 0 Å². The highest BCUT2D eigenvalue weighted by Gasteiger charge is 2.10. The van der Waals surface area contributed by atoms with Gasteiger partial charge in [0, 0.05) is 6.04 Å². The van der Waals surface area contributed by atoms with Gasteiger partial charge >= 0.3 is 0 Å². The molecular weight excluding hydrogens is 188 g/mol. The molecule has 5 nitrogen and oxygen atoms in total. The van der Waals surface area contributed by atoms with E-state index in [-0.39, 0.29) is 12.6 Å². The van der Waals surface area contributed by atoms with Crippen LogP contribution in [-0.2, 0) is 6.54 Å². The number of likely N-dealkylation sites (N-methyl/N-ethyl adjacent to an activating group) is 1. The number of aliphatic hydroxyl groups is 1. The zero-order valence-corrected chi connectivity index (χ0v) is 8.58. The molecule has 0 aliphatic rings. The Labute approximate surface area is 81.2 Å². The minimum absolute atomic E-state index is 0.130. The molecule has 0 amide bonds. The molecule has 1 aromatic heterocycles. The van der Waals surface area contributed by atoms with Crippen LogP contribution in [-0.4, -0.2) is 39.9 Å². The minimum Gasteiger partial charge on any atom is -0.395 e. The highest BCUT2D eigenvalue weighted by Crippen LogP contribution is 2.13. The second-order valence-electron chi connectivity index (χ2n) is 2.98. The van der Waals surface area contributed by atoms with Gasteiger partial charge in [0.15, 0.2) is 0 Å². The maximum Gasteiger partial charge on any atom is 0.203 e. The van der Waals surface area contributed by atoms with Crippen molar-refractivity contribution in [2.45, 2.75) is 19.5 Å². The molecule has 1 rings (SSSR count). The van der Waals surface area contributed by atoms with Gasteiger partial charge in [0.25, 0.3) is 0 Å². The van der Waals surface area contributed by atoms with Crippen LogP contribution < -0.4 is 5.73 Å². The summed E-state index contributed by atoms with van der Waals surface area (Å²) in [5.41, 5.74) is 5.44. The smallest absolute Gasteiger partial charge is 0.203 e. The highest BCUT2D eigenvalue weighted by atomic mass is 32.1. The van der Waals surface area contributed by atoms with Gasteiger partial charge in [-0.05, 0) is 14.0 Å². The van der Waals surface area contributed by atoms with Gasteiger partial charge in [-0.25, -0.2) is 0 Å². The number of nitrogens with two attached hydrogens (primary N) is 1. The van der Waals surface area contributed by atoms with Gasteiger partial charge in [-0.15, -0.1) is 10.2 Å². The molecule has 3 N–H and O–H groups in total. The van der Waals surface area contributed by atoms with Crippen molar-refractivity contribution >= 4 is 16.5 Å². The summed E-state index contributed by atoms with van der Waals surface area (Å²) < 4.78 is 0. The van der Waals surface area contributed by atoms with Crippen molar-refractivity contribution in [3.05, 3.63) is 5.01 Å². The molecule has 1 aromatic rings. The summed E-state index contributed by atoms with van der Waals surface area (Å²) in [5, 5.41) is 17.9. The summed E-state index contributed by atoms with van der Waals surface area (Å²) in [4.78, 5) is 2.00. The van der Waals surface area contributed by atoms with Crippen molar-refractivity contribution in [1.82, 2.24) is 15.1 Å². The third-order valence-corrected chi connectivity index (χ3v) is 2.62. The lowest BCUT2D eigenvalue weighted by Crippen LogP contribution is -2.31. The molecule has 1 heterocycles. The van der Waals surface area contributed by atoms with Crippen LogP contribution in [0.25, 0.3) is 0 Å². The lowest BCUT2D eigenvalue weighted by molar-refractivity contribution is 0.153. The predicted molar refractivity (Wildman–Crippen MR) is 52.3 cm³/mol. The van der Waals surface area contributed by atoms with E-state index < -0.39 is 0 Å². The van der Waals surface area contributed by atoms with E-state index in [9.17, 15) is 0 Å². The molecule has 6 heteroatoms. The van der Waals surface area contributed by atoms with Crippen molar-refractivity contribution in [3.63, 3.8) is 0 Å². The Balaban J connectivity index is 2.49. The molecular formula is C7H14N4OS. The number of aliphatic hydroxyl groups excluding tert-OH is 1. The monoisotopic (exact) mass is 202 g/mol. The molecule has 0 aliphatic carbocycles. The molecule has 0 fully saturated rings. The average molecular weight is 202 g/mol. The molecule has 74 valence electrons. The van der Waals surface area contributed by atoms with Crippen LogP contribution in [0.2, 0.25) is 0 Å². The lowest BCUT2D eigenvalue weighted by atomic mass is 10.3. The molecule has 1 unspecified atom stereocenters. The molecule has 0 saturated carbocycles. The maximum absolute atomic E-state index is 8.89. The van der Waals surface area contributed by atoms with Gasteiger partial charge in [-0.3, -0.25) is 4.90 Å². The second kappa shape index (κ2) is 4.50. The summed E-state index contributed by atoms with van der Waals surface area (Å²) >= 11 is 1.38. The van der Waals surface area contributed by atoms with E-state index in [0.717, 1.165) is 5.01 Å². The van der Waals surface area contributed by atoms with E-state index in [0.29, 0.717) is 11.7 Å². The average Bonchev–Trinajstić information content (AvgIpc) is 2.49. The van der Waals surface area contributed by atoms with Crippen molar-refractivity contribution in [3.8, 4) is 0 Å². The number of nitrogens with zero attached hydrogens (tertiary/aromatic N) is 3. The third kappa shape index (κ3) is 2.91. The Bertz CT molecular complexity index is 265. The molecule has 0 spiro atoms. The van der Waals surface area contributed by atoms with E-state index in [1.165, 1.54) is 11.3 Å². The third-order valence-electron chi connectivity index (χ3n) is 1.88. The first kappa shape index (κ1) is 10.4. The molecule has 0 saturated heterocycles. The Morgan fingerprint density at radius 3 is 2.77 bits per heavy atom. The van der Waals surface area contributed by atoms with Crippen LogP contribution in [0, 0.1) is 0 Å². The van der Waals surface area contributed by atoms with E-state index >= 15 is 0 Å². The van der Waals surface area contributed by atoms with Gasteiger partial charge < -0.3 is 10.8 Å². The van der Waals surface area contributed by atoms with E-state index in [2.05, 4.69) is 10.2 Å². The van der Waals surface area contributed by atoms with Crippen LogP contribution >= 0.6 is 11.3 Å². The lowest BCUT2D eigenvalue weighted by Gasteiger charge is -2.20. The first-order valence-electron chi connectivity index (χ1n) is 4.02. The van der Waals surface area contributed by atoms with Crippen LogP contribution in [0.3, 0.4) is 0 Å². The summed E-state index contributed by atoms with van der Waals surface area (Å²) in [7, 11) is 1.93. The van der Waals surface area contributed by atoms with Crippen molar-refractivity contribution in [2.24, 2.45) is 0 Å². The molecule has 0 bridgehead atoms. The molecule has 1 atom stereocenters. The Hall–Kier alpha value is -0.720. The summed E-state index contributed by atoms with van der Waals surface area (Å²) in [6.45, 7) is 2.77. The van der Waals surface area contributed by atoms with Crippen LogP contribution in [0.15, 0.2) is 0 Å². The number of aromatic nitrogens is 2. The maximum atomic E-state index is 8.89. The van der Waals surface area contributed by atoms with Gasteiger partial charge in [0.1, 0.15) is 5.01 Å². The zero-order chi connectivity index (χ0) is 9.84. The Morgan fingerprint density at radius 2 is 2.31 bits per heavy atom. The molecule has 0 radical (unpaired) electrons. The summed E-state index contributed by atoms with van der Waals surface area (Å²) in [6.07, 6.45) is 0. The van der Waals surface area contributed by atoms with E-state index in [1.807, 2.05) is 18.9 Å². The van der Waals surface area contributed by atoms with Crippen LogP contribution in [0.5, 0.6) is 0 Å². The number of hydrogen-bond acceptors (Lipinski definition) is 6. The summed E-state index contributed by atoms with van der Waals surface area (Å²) in [5.74, 6) is 0. The Kier molecular flexibility index (Phi) is 3.58. The first-order valence-corrected chi connectivity index (χ1v) is 4.84. The largest absolute Gasteiger partial charge is 0.395 e. The highest BCUT2D eigenvalue weighted by molar-refractivity contribution is 7.15. The van der Waals surface area contributed by atoms with Crippen molar-refractivity contribution in [2.75, 3.05) is 19.4 Å². The van der Waals surface area contributed by atoms with E-state index in [1.54, 1.807) is 0 Å². The Morgan fingerprint density at radius 1 is 1.62 bits per heavy atom. The molecule has 0 aliphatic heterocycles. The van der Waals surface area contributed by atoms with Crippen molar-refractivity contribution < 1.29 is 5.11 Å². The van der Waals surface area contributed by atoms with Crippen LogP contribution in [0.4, 0.5) is 5.13 Å². The van der Waals surface area contributed by atoms with E-state index in [4.69, 9.17) is 10.8 Å². The fourth-order valence-corrected chi connectivity index (χ4v) is 1.51. The van der Waals surface area contributed by atoms with Crippen molar-refractivity contribution in [1.29, 1.82) is 0 Å². The van der Waals surface area contributed by atoms with Gasteiger partial charge in [0.05, 0.1) is 13.2 Å². The van der Waals surface area contributed by atoms with Gasteiger partial charge in [-0.1, -0.05) is 11.3 Å². The van der Waals surface area contributed by atoms with Gasteiger partial charge in [0.2, 0.25) is 5.13 Å². The SMILES string of the molecule is CC(CO)N(C)Cc1nnc(N)s1. The molecule has 0 aromatic carbocycles. The normalized spacial score (nSPS) is 13.5. The topological polar surface area (TPSA) is 75.3 Å². The fraction of sp³-hybridized carbons (Fsp3) is 0.714. The van der Waals surface area contributed by atoms with Crippen LogP contribution in [0.1, 0.15) is 11.9 Å². The first-order chi connectivity index (χ1) is 6.13. The standard InChI is InChI=1S/C7H14N4OS/c1-5(4-12)11(2)3-6-9-10-7(8)13-6/h5,12H,3-4H2,1-2H3,(H2,8,10). The minimum atomic E-state index is 0.130. The zero-order valence-electron chi connectivity index (χ0n) is 7.77. The number of rotatable bonds is 4. The second-order valence-corrected chi connectivity index (χ2v) is 4.07. The number of nitrogen functional groups attached to an aromatic ring is 1. The summed E-state index contributed by atoms with van der Waals surface area (Å²) in [6, 6.07) is 0.130. The fourth-order valence-electron chi connectivity index (χ4n) is 0.839. The predicted octanol–water partition coefficient (Wildman–Crippen LogP) is -0.0671. The molecule has 13 heavy (non-hydrogen) atoms. The number of anilines is 1. The number of hydrogen-bond donors (Lipinski definition) is 2.